The Kier molecular flexibility index (Phi) is 5.59. The second-order valence-corrected chi connectivity index (χ2v) is 6.01. The summed E-state index contributed by atoms with van der Waals surface area (Å²) < 4.78 is 1.15. The van der Waals surface area contributed by atoms with Gasteiger partial charge in [-0.05, 0) is 77.4 Å². The molecule has 0 aromatic heterocycles. The van der Waals surface area contributed by atoms with Gasteiger partial charge in [0.15, 0.2) is 0 Å². The van der Waals surface area contributed by atoms with Crippen LogP contribution >= 0.6 is 22.6 Å². The number of benzene rings is 2. The van der Waals surface area contributed by atoms with Crippen LogP contribution in [-0.2, 0) is 6.42 Å². The summed E-state index contributed by atoms with van der Waals surface area (Å²) in [4.78, 5) is 12.1. The van der Waals surface area contributed by atoms with E-state index in [1.807, 2.05) is 48.5 Å². The van der Waals surface area contributed by atoms with Gasteiger partial charge in [0.05, 0.1) is 0 Å². The van der Waals surface area contributed by atoms with Crippen molar-refractivity contribution in [1.82, 2.24) is 0 Å². The summed E-state index contributed by atoms with van der Waals surface area (Å²) in [5, 5.41) is 2.91. The Bertz CT molecular complexity index is 561. The number of unbranched alkanes of at least 4 members (excludes halogenated alkanes) is 1. The summed E-state index contributed by atoms with van der Waals surface area (Å²) in [7, 11) is 0. The van der Waals surface area contributed by atoms with Crippen molar-refractivity contribution in [2.75, 3.05) is 5.32 Å². The Labute approximate surface area is 133 Å². The van der Waals surface area contributed by atoms with Crippen LogP contribution in [0, 0.1) is 3.57 Å². The number of amides is 1. The molecule has 0 aliphatic heterocycles. The summed E-state index contributed by atoms with van der Waals surface area (Å²) >= 11 is 2.24. The zero-order chi connectivity index (χ0) is 14.4. The van der Waals surface area contributed by atoms with Crippen molar-refractivity contribution >= 4 is 34.2 Å². The molecule has 0 saturated heterocycles. The van der Waals surface area contributed by atoms with E-state index in [0.717, 1.165) is 15.7 Å². The lowest BCUT2D eigenvalue weighted by Crippen LogP contribution is -2.11. The number of nitrogens with one attached hydrogen (secondary N) is 1. The minimum Gasteiger partial charge on any atom is -0.322 e. The summed E-state index contributed by atoms with van der Waals surface area (Å²) in [6.07, 6.45) is 3.46. The lowest BCUT2D eigenvalue weighted by Gasteiger charge is -2.06. The summed E-state index contributed by atoms with van der Waals surface area (Å²) in [6.45, 7) is 2.18. The van der Waals surface area contributed by atoms with Gasteiger partial charge >= 0.3 is 0 Å². The van der Waals surface area contributed by atoms with E-state index >= 15 is 0 Å². The maximum Gasteiger partial charge on any atom is 0.255 e. The zero-order valence-electron chi connectivity index (χ0n) is 11.5. The highest BCUT2D eigenvalue weighted by atomic mass is 127. The molecule has 2 aromatic rings. The van der Waals surface area contributed by atoms with E-state index in [1.165, 1.54) is 18.4 Å². The lowest BCUT2D eigenvalue weighted by atomic mass is 10.1. The molecule has 0 spiro atoms. The number of hydrogen-bond donors (Lipinski definition) is 1. The van der Waals surface area contributed by atoms with Gasteiger partial charge in [-0.25, -0.2) is 0 Å². The molecule has 0 atom stereocenters. The van der Waals surface area contributed by atoms with E-state index in [-0.39, 0.29) is 5.91 Å². The number of halogens is 1. The first-order chi connectivity index (χ1) is 9.69. The molecule has 3 heteroatoms. The molecule has 1 amide bonds. The van der Waals surface area contributed by atoms with E-state index in [0.29, 0.717) is 5.56 Å². The van der Waals surface area contributed by atoms with Crippen LogP contribution in [0.3, 0.4) is 0 Å². The van der Waals surface area contributed by atoms with Crippen molar-refractivity contribution < 1.29 is 4.79 Å². The smallest absolute Gasteiger partial charge is 0.255 e. The summed E-state index contributed by atoms with van der Waals surface area (Å²) in [6, 6.07) is 15.6. The van der Waals surface area contributed by atoms with Crippen molar-refractivity contribution in [1.29, 1.82) is 0 Å². The van der Waals surface area contributed by atoms with Gasteiger partial charge in [0.1, 0.15) is 0 Å². The maximum atomic E-state index is 12.1. The van der Waals surface area contributed by atoms with Crippen LogP contribution in [0.4, 0.5) is 5.69 Å². The number of carbonyl (C=O) groups excluding carboxylic acids is 1. The van der Waals surface area contributed by atoms with E-state index in [9.17, 15) is 4.79 Å². The highest BCUT2D eigenvalue weighted by Crippen LogP contribution is 2.13. The first-order valence-electron chi connectivity index (χ1n) is 6.85. The van der Waals surface area contributed by atoms with Crippen LogP contribution in [-0.4, -0.2) is 5.91 Å². The average Bonchev–Trinajstić information content (AvgIpc) is 2.48. The average molecular weight is 379 g/mol. The Morgan fingerprint density at radius 3 is 2.30 bits per heavy atom. The Morgan fingerprint density at radius 2 is 1.70 bits per heavy atom. The van der Waals surface area contributed by atoms with Crippen molar-refractivity contribution in [3.8, 4) is 0 Å². The number of aryl methyl sites for hydroxylation is 1. The van der Waals surface area contributed by atoms with Crippen LogP contribution in [0.15, 0.2) is 48.5 Å². The normalized spacial score (nSPS) is 10.3. The van der Waals surface area contributed by atoms with Gasteiger partial charge in [-0.15, -0.1) is 0 Å². The molecule has 0 heterocycles. The summed E-state index contributed by atoms with van der Waals surface area (Å²) in [5.41, 5.74) is 2.81. The van der Waals surface area contributed by atoms with Gasteiger partial charge < -0.3 is 5.32 Å². The van der Waals surface area contributed by atoms with Crippen LogP contribution in [0.2, 0.25) is 0 Å². The van der Waals surface area contributed by atoms with Gasteiger partial charge in [0.2, 0.25) is 0 Å². The molecule has 0 unspecified atom stereocenters. The third-order valence-electron chi connectivity index (χ3n) is 3.14. The molecule has 2 nitrogen and oxygen atoms in total. The number of carbonyl (C=O) groups is 1. The fraction of sp³-hybridized carbons (Fsp3) is 0.235. The lowest BCUT2D eigenvalue weighted by molar-refractivity contribution is 0.102. The minimum atomic E-state index is -0.0618. The molecule has 0 saturated carbocycles. The molecular formula is C17H18INO. The van der Waals surface area contributed by atoms with Crippen LogP contribution in [0.1, 0.15) is 35.7 Å². The Morgan fingerprint density at radius 1 is 1.05 bits per heavy atom. The highest BCUT2D eigenvalue weighted by Gasteiger charge is 2.05. The topological polar surface area (TPSA) is 29.1 Å². The number of anilines is 1. The quantitative estimate of drug-likeness (QED) is 0.737. The largest absolute Gasteiger partial charge is 0.322 e. The van der Waals surface area contributed by atoms with E-state index in [4.69, 9.17) is 0 Å². The molecule has 0 fully saturated rings. The first kappa shape index (κ1) is 15.0. The standard InChI is InChI=1S/C17H18INO/c1-2-3-4-13-5-7-14(8-6-13)17(20)19-16-11-9-15(18)10-12-16/h5-12H,2-4H2,1H3,(H,19,20). The molecule has 0 aliphatic rings. The van der Waals surface area contributed by atoms with Gasteiger partial charge in [-0.1, -0.05) is 25.5 Å². The van der Waals surface area contributed by atoms with E-state index in [2.05, 4.69) is 34.8 Å². The van der Waals surface area contributed by atoms with Crippen LogP contribution < -0.4 is 5.32 Å². The Hall–Kier alpha value is -1.36. The minimum absolute atomic E-state index is 0.0618. The predicted octanol–water partition coefficient (Wildman–Crippen LogP) is 4.89. The van der Waals surface area contributed by atoms with Gasteiger partial charge in [0, 0.05) is 14.8 Å². The van der Waals surface area contributed by atoms with Gasteiger partial charge in [0.25, 0.3) is 5.91 Å². The summed E-state index contributed by atoms with van der Waals surface area (Å²) in [5.74, 6) is -0.0618. The van der Waals surface area contributed by atoms with Crippen molar-refractivity contribution in [2.45, 2.75) is 26.2 Å². The third-order valence-corrected chi connectivity index (χ3v) is 3.86. The monoisotopic (exact) mass is 379 g/mol. The maximum absolute atomic E-state index is 12.1. The molecular weight excluding hydrogens is 361 g/mol. The second-order valence-electron chi connectivity index (χ2n) is 4.76. The zero-order valence-corrected chi connectivity index (χ0v) is 13.7. The second kappa shape index (κ2) is 7.43. The molecule has 2 rings (SSSR count). The molecule has 1 N–H and O–H groups in total. The first-order valence-corrected chi connectivity index (χ1v) is 7.93. The molecule has 0 aliphatic carbocycles. The third kappa shape index (κ3) is 4.34. The predicted molar refractivity (Wildman–Crippen MR) is 92.2 cm³/mol. The van der Waals surface area contributed by atoms with Gasteiger partial charge in [-0.3, -0.25) is 4.79 Å². The fourth-order valence-electron chi connectivity index (χ4n) is 1.94. The van der Waals surface area contributed by atoms with E-state index in [1.54, 1.807) is 0 Å². The van der Waals surface area contributed by atoms with Gasteiger partial charge in [-0.2, -0.15) is 0 Å². The fourth-order valence-corrected chi connectivity index (χ4v) is 2.30. The van der Waals surface area contributed by atoms with Crippen LogP contribution in [0.25, 0.3) is 0 Å². The number of hydrogen-bond acceptors (Lipinski definition) is 1. The SMILES string of the molecule is CCCCc1ccc(C(=O)Nc2ccc(I)cc2)cc1. The van der Waals surface area contributed by atoms with Crippen molar-refractivity contribution in [3.63, 3.8) is 0 Å². The highest BCUT2D eigenvalue weighted by molar-refractivity contribution is 14.1. The number of rotatable bonds is 5. The van der Waals surface area contributed by atoms with Crippen LogP contribution in [0.5, 0.6) is 0 Å². The molecule has 0 radical (unpaired) electrons. The molecule has 20 heavy (non-hydrogen) atoms. The molecule has 2 aromatic carbocycles. The Balaban J connectivity index is 2.00. The van der Waals surface area contributed by atoms with Crippen molar-refractivity contribution in [3.05, 3.63) is 63.2 Å². The van der Waals surface area contributed by atoms with Crippen molar-refractivity contribution in [2.24, 2.45) is 0 Å². The molecule has 0 bridgehead atoms. The molecule has 104 valence electrons. The van der Waals surface area contributed by atoms with E-state index < -0.39 is 0 Å².